The van der Waals surface area contributed by atoms with Gasteiger partial charge in [0.15, 0.2) is 11.6 Å². The van der Waals surface area contributed by atoms with Gasteiger partial charge in [-0.3, -0.25) is 4.57 Å². The number of benzene rings is 8. The summed E-state index contributed by atoms with van der Waals surface area (Å²) in [4.78, 5) is 15.5. The number of fused-ring (bicyclic) bond motifs is 3. The van der Waals surface area contributed by atoms with E-state index in [1.54, 1.807) is 0 Å². The van der Waals surface area contributed by atoms with Crippen molar-refractivity contribution < 1.29 is 0 Å². The van der Waals surface area contributed by atoms with Crippen LogP contribution < -0.4 is 0 Å². The molecule has 8 aromatic carbocycles. The van der Waals surface area contributed by atoms with Crippen molar-refractivity contribution >= 4 is 21.8 Å². The summed E-state index contributed by atoms with van der Waals surface area (Å²) in [6.45, 7) is 0. The molecule has 2 heterocycles. The second kappa shape index (κ2) is 13.8. The standard InChI is InChI=1S/C51H34N4/c1-5-17-35(18-6-1)39-25-15-27-41(31-39)43-33-45(42-28-16-26-40(32-42)36-19-7-2-8-20-36)48-44-29-13-14-30-46(44)55(47(48)34-43)51-53-49(37-21-9-3-10-22-37)52-50(54-51)38-23-11-4-12-24-38/h1-34H. The SMILES string of the molecule is c1ccc(-c2cccc(-c3cc(-c4cccc(-c5ccccc5)c4)c4c5ccccc5n(-c5nc(-c6ccccc6)nc(-c6ccccc6)n5)c4c3)c2)cc1. The maximum atomic E-state index is 5.23. The molecular formula is C51H34N4. The van der Waals surface area contributed by atoms with Crippen molar-refractivity contribution in [2.75, 3.05) is 0 Å². The third-order valence-electron chi connectivity index (χ3n) is 10.2. The fourth-order valence-electron chi connectivity index (χ4n) is 7.61. The summed E-state index contributed by atoms with van der Waals surface area (Å²) in [6, 6.07) is 72.4. The molecule has 0 bridgehead atoms. The number of hydrogen-bond acceptors (Lipinski definition) is 3. The summed E-state index contributed by atoms with van der Waals surface area (Å²) >= 11 is 0. The van der Waals surface area contributed by atoms with Gasteiger partial charge in [0, 0.05) is 21.9 Å². The third-order valence-corrected chi connectivity index (χ3v) is 10.2. The van der Waals surface area contributed by atoms with E-state index in [0.717, 1.165) is 55.2 Å². The van der Waals surface area contributed by atoms with Crippen molar-refractivity contribution in [2.24, 2.45) is 0 Å². The van der Waals surface area contributed by atoms with Crippen LogP contribution in [-0.4, -0.2) is 19.5 Å². The summed E-state index contributed by atoms with van der Waals surface area (Å²) in [5.41, 5.74) is 13.1. The Morgan fingerprint density at radius 3 is 1.29 bits per heavy atom. The molecule has 0 spiro atoms. The van der Waals surface area contributed by atoms with Crippen molar-refractivity contribution in [3.8, 4) is 73.2 Å². The zero-order valence-electron chi connectivity index (χ0n) is 29.9. The molecule has 0 aliphatic heterocycles. The Bertz CT molecular complexity index is 2900. The predicted molar refractivity (Wildman–Crippen MR) is 227 cm³/mol. The molecule has 258 valence electrons. The highest BCUT2D eigenvalue weighted by molar-refractivity contribution is 6.17. The van der Waals surface area contributed by atoms with Gasteiger partial charge in [-0.25, -0.2) is 4.98 Å². The first-order chi connectivity index (χ1) is 27.3. The Labute approximate surface area is 319 Å². The second-order valence-corrected chi connectivity index (χ2v) is 13.7. The number of aromatic nitrogens is 4. The van der Waals surface area contributed by atoms with Crippen LogP contribution in [0.15, 0.2) is 206 Å². The Hall–Kier alpha value is -7.43. The Morgan fingerprint density at radius 1 is 0.291 bits per heavy atom. The summed E-state index contributed by atoms with van der Waals surface area (Å²) in [5, 5.41) is 2.27. The van der Waals surface area contributed by atoms with E-state index in [-0.39, 0.29) is 0 Å². The fraction of sp³-hybridized carbons (Fsp3) is 0. The number of nitrogens with zero attached hydrogens (tertiary/aromatic N) is 4. The van der Waals surface area contributed by atoms with Gasteiger partial charge in [-0.1, -0.05) is 176 Å². The highest BCUT2D eigenvalue weighted by Crippen LogP contribution is 2.42. The Kier molecular flexibility index (Phi) is 8.12. The molecule has 0 fully saturated rings. The summed E-state index contributed by atoms with van der Waals surface area (Å²) in [7, 11) is 0. The van der Waals surface area contributed by atoms with Gasteiger partial charge in [0.2, 0.25) is 5.95 Å². The minimum absolute atomic E-state index is 0.568. The molecule has 0 amide bonds. The van der Waals surface area contributed by atoms with Gasteiger partial charge in [-0.15, -0.1) is 0 Å². The van der Waals surface area contributed by atoms with E-state index >= 15 is 0 Å². The zero-order chi connectivity index (χ0) is 36.6. The predicted octanol–water partition coefficient (Wildman–Crippen LogP) is 13.0. The first-order valence-electron chi connectivity index (χ1n) is 18.5. The smallest absolute Gasteiger partial charge is 0.238 e. The Balaban J connectivity index is 1.29. The molecule has 10 rings (SSSR count). The first kappa shape index (κ1) is 32.2. The van der Waals surface area contributed by atoms with E-state index in [9.17, 15) is 0 Å². The highest BCUT2D eigenvalue weighted by Gasteiger charge is 2.22. The molecule has 2 aromatic heterocycles. The van der Waals surface area contributed by atoms with Crippen LogP contribution in [-0.2, 0) is 0 Å². The average molecular weight is 703 g/mol. The van der Waals surface area contributed by atoms with Crippen LogP contribution >= 0.6 is 0 Å². The Morgan fingerprint density at radius 2 is 0.727 bits per heavy atom. The normalized spacial score (nSPS) is 11.3. The average Bonchev–Trinajstić information content (AvgIpc) is 3.61. The number of para-hydroxylation sites is 1. The summed E-state index contributed by atoms with van der Waals surface area (Å²) < 4.78 is 2.22. The first-order valence-corrected chi connectivity index (χ1v) is 18.5. The van der Waals surface area contributed by atoms with Crippen LogP contribution in [0.3, 0.4) is 0 Å². The van der Waals surface area contributed by atoms with E-state index in [1.165, 1.54) is 22.3 Å². The molecular weight excluding hydrogens is 669 g/mol. The molecule has 55 heavy (non-hydrogen) atoms. The number of rotatable bonds is 7. The van der Waals surface area contributed by atoms with Gasteiger partial charge < -0.3 is 0 Å². The summed E-state index contributed by atoms with van der Waals surface area (Å²) in [6.07, 6.45) is 0. The van der Waals surface area contributed by atoms with Crippen LogP contribution in [0.25, 0.3) is 95.0 Å². The van der Waals surface area contributed by atoms with Crippen molar-refractivity contribution in [3.63, 3.8) is 0 Å². The lowest BCUT2D eigenvalue weighted by Gasteiger charge is -2.14. The van der Waals surface area contributed by atoms with Crippen LogP contribution in [0.5, 0.6) is 0 Å². The third kappa shape index (κ3) is 6.06. The topological polar surface area (TPSA) is 43.6 Å². The van der Waals surface area contributed by atoms with E-state index in [4.69, 9.17) is 15.0 Å². The van der Waals surface area contributed by atoms with Gasteiger partial charge in [0.25, 0.3) is 0 Å². The molecule has 4 heteroatoms. The minimum Gasteiger partial charge on any atom is -0.278 e. The van der Waals surface area contributed by atoms with E-state index in [0.29, 0.717) is 17.6 Å². The molecule has 0 N–H and O–H groups in total. The number of hydrogen-bond donors (Lipinski definition) is 0. The van der Waals surface area contributed by atoms with Crippen molar-refractivity contribution in [3.05, 3.63) is 206 Å². The quantitative estimate of drug-likeness (QED) is 0.166. The van der Waals surface area contributed by atoms with E-state index < -0.39 is 0 Å². The van der Waals surface area contributed by atoms with Gasteiger partial charge >= 0.3 is 0 Å². The van der Waals surface area contributed by atoms with Gasteiger partial charge in [0.1, 0.15) is 0 Å². The fourth-order valence-corrected chi connectivity index (χ4v) is 7.61. The molecule has 4 nitrogen and oxygen atoms in total. The maximum Gasteiger partial charge on any atom is 0.238 e. The molecule has 0 saturated heterocycles. The van der Waals surface area contributed by atoms with E-state index in [1.807, 2.05) is 36.4 Å². The van der Waals surface area contributed by atoms with Crippen LogP contribution in [0.1, 0.15) is 0 Å². The molecule has 0 aliphatic rings. The van der Waals surface area contributed by atoms with E-state index in [2.05, 4.69) is 174 Å². The van der Waals surface area contributed by atoms with Crippen molar-refractivity contribution in [1.29, 1.82) is 0 Å². The zero-order valence-corrected chi connectivity index (χ0v) is 29.9. The lowest BCUT2D eigenvalue weighted by molar-refractivity contribution is 0.953. The van der Waals surface area contributed by atoms with Crippen LogP contribution in [0.2, 0.25) is 0 Å². The lowest BCUT2D eigenvalue weighted by atomic mass is 9.92. The van der Waals surface area contributed by atoms with Crippen molar-refractivity contribution in [1.82, 2.24) is 19.5 Å². The van der Waals surface area contributed by atoms with Gasteiger partial charge in [0.05, 0.1) is 11.0 Å². The van der Waals surface area contributed by atoms with Crippen LogP contribution in [0, 0.1) is 0 Å². The molecule has 0 unspecified atom stereocenters. The molecule has 10 aromatic rings. The molecule has 0 radical (unpaired) electrons. The maximum absolute atomic E-state index is 5.23. The molecule has 0 saturated carbocycles. The van der Waals surface area contributed by atoms with Gasteiger partial charge in [-0.2, -0.15) is 9.97 Å². The monoisotopic (exact) mass is 702 g/mol. The molecule has 0 atom stereocenters. The minimum atomic E-state index is 0.568. The second-order valence-electron chi connectivity index (χ2n) is 13.7. The summed E-state index contributed by atoms with van der Waals surface area (Å²) in [5.74, 6) is 1.81. The highest BCUT2D eigenvalue weighted by atomic mass is 15.2. The lowest BCUT2D eigenvalue weighted by Crippen LogP contribution is -2.06. The van der Waals surface area contributed by atoms with Crippen molar-refractivity contribution in [2.45, 2.75) is 0 Å². The van der Waals surface area contributed by atoms with Gasteiger partial charge in [-0.05, 0) is 74.8 Å². The molecule has 0 aliphatic carbocycles. The van der Waals surface area contributed by atoms with Crippen LogP contribution in [0.4, 0.5) is 0 Å². The largest absolute Gasteiger partial charge is 0.278 e.